The Bertz CT molecular complexity index is 567. The van der Waals surface area contributed by atoms with Gasteiger partial charge in [0.15, 0.2) is 11.6 Å². The van der Waals surface area contributed by atoms with Gasteiger partial charge in [-0.3, -0.25) is 0 Å². The van der Waals surface area contributed by atoms with Crippen LogP contribution in [-0.2, 0) is 6.54 Å². The Kier molecular flexibility index (Phi) is 3.67. The van der Waals surface area contributed by atoms with Crippen molar-refractivity contribution in [3.8, 4) is 11.1 Å². The Hall–Kier alpha value is -1.81. The van der Waals surface area contributed by atoms with E-state index in [0.717, 1.165) is 12.1 Å². The molecule has 0 radical (unpaired) electrons. The van der Waals surface area contributed by atoms with Gasteiger partial charge in [-0.15, -0.1) is 0 Å². The molecule has 2 aromatic rings. The molecule has 0 aliphatic carbocycles. The Morgan fingerprint density at radius 3 is 2.39 bits per heavy atom. The highest BCUT2D eigenvalue weighted by Gasteiger charge is 2.09. The third-order valence-corrected chi connectivity index (χ3v) is 2.67. The average Bonchev–Trinajstić information content (AvgIpc) is 2.34. The number of hydrogen-bond donors (Lipinski definition) is 1. The van der Waals surface area contributed by atoms with Crippen molar-refractivity contribution in [2.75, 3.05) is 7.05 Å². The molecular formula is C14H12F3N. The van der Waals surface area contributed by atoms with Crippen LogP contribution >= 0.6 is 0 Å². The summed E-state index contributed by atoms with van der Waals surface area (Å²) in [6.07, 6.45) is 0. The first-order valence-corrected chi connectivity index (χ1v) is 5.50. The van der Waals surface area contributed by atoms with Crippen LogP contribution in [-0.4, -0.2) is 7.05 Å². The second kappa shape index (κ2) is 5.23. The predicted molar refractivity (Wildman–Crippen MR) is 64.5 cm³/mol. The first kappa shape index (κ1) is 12.6. The number of halogens is 3. The fraction of sp³-hybridized carbons (Fsp3) is 0.143. The van der Waals surface area contributed by atoms with E-state index >= 15 is 0 Å². The van der Waals surface area contributed by atoms with Crippen LogP contribution < -0.4 is 5.32 Å². The highest BCUT2D eigenvalue weighted by molar-refractivity contribution is 5.67. The molecule has 94 valence electrons. The van der Waals surface area contributed by atoms with Crippen LogP contribution in [0.3, 0.4) is 0 Å². The van der Waals surface area contributed by atoms with E-state index in [9.17, 15) is 13.2 Å². The van der Waals surface area contributed by atoms with E-state index in [1.807, 2.05) is 0 Å². The SMILES string of the molecule is CNCc1cc(F)ccc1-c1ccc(F)c(F)c1. The second-order valence-electron chi connectivity index (χ2n) is 3.96. The summed E-state index contributed by atoms with van der Waals surface area (Å²) in [6, 6.07) is 7.90. The van der Waals surface area contributed by atoms with Crippen LogP contribution in [0.25, 0.3) is 11.1 Å². The molecule has 18 heavy (non-hydrogen) atoms. The lowest BCUT2D eigenvalue weighted by molar-refractivity contribution is 0.509. The van der Waals surface area contributed by atoms with Crippen molar-refractivity contribution in [3.05, 3.63) is 59.4 Å². The van der Waals surface area contributed by atoms with E-state index in [0.29, 0.717) is 23.2 Å². The topological polar surface area (TPSA) is 12.0 Å². The van der Waals surface area contributed by atoms with Gasteiger partial charge in [-0.2, -0.15) is 0 Å². The van der Waals surface area contributed by atoms with E-state index < -0.39 is 11.6 Å². The van der Waals surface area contributed by atoms with Gasteiger partial charge >= 0.3 is 0 Å². The van der Waals surface area contributed by atoms with Crippen LogP contribution in [0.4, 0.5) is 13.2 Å². The van der Waals surface area contributed by atoms with Gasteiger partial charge in [0.1, 0.15) is 5.82 Å². The molecule has 1 nitrogen and oxygen atoms in total. The molecule has 0 bridgehead atoms. The maximum Gasteiger partial charge on any atom is 0.159 e. The fourth-order valence-electron chi connectivity index (χ4n) is 1.84. The third kappa shape index (κ3) is 2.54. The lowest BCUT2D eigenvalue weighted by Gasteiger charge is -2.10. The summed E-state index contributed by atoms with van der Waals surface area (Å²) in [5.41, 5.74) is 1.91. The van der Waals surface area contributed by atoms with Crippen LogP contribution in [0.5, 0.6) is 0 Å². The average molecular weight is 251 g/mol. The first-order valence-electron chi connectivity index (χ1n) is 5.50. The van der Waals surface area contributed by atoms with Crippen LogP contribution in [0.1, 0.15) is 5.56 Å². The van der Waals surface area contributed by atoms with E-state index in [2.05, 4.69) is 5.32 Å². The molecular weight excluding hydrogens is 239 g/mol. The molecule has 0 spiro atoms. The van der Waals surface area contributed by atoms with Crippen molar-refractivity contribution in [2.24, 2.45) is 0 Å². The zero-order chi connectivity index (χ0) is 13.1. The Morgan fingerprint density at radius 1 is 0.944 bits per heavy atom. The molecule has 0 atom stereocenters. The molecule has 1 N–H and O–H groups in total. The zero-order valence-electron chi connectivity index (χ0n) is 9.81. The number of nitrogens with one attached hydrogen (secondary N) is 1. The van der Waals surface area contributed by atoms with E-state index in [4.69, 9.17) is 0 Å². The fourth-order valence-corrected chi connectivity index (χ4v) is 1.84. The summed E-state index contributed by atoms with van der Waals surface area (Å²) < 4.78 is 39.2. The highest BCUT2D eigenvalue weighted by atomic mass is 19.2. The minimum absolute atomic E-state index is 0.355. The molecule has 0 aliphatic rings. The number of hydrogen-bond acceptors (Lipinski definition) is 1. The Balaban J connectivity index is 2.51. The largest absolute Gasteiger partial charge is 0.316 e. The standard InChI is InChI=1S/C14H12F3N/c1-18-8-10-6-11(15)3-4-12(10)9-2-5-13(16)14(17)7-9/h2-7,18H,8H2,1H3. The minimum atomic E-state index is -0.910. The molecule has 0 amide bonds. The third-order valence-electron chi connectivity index (χ3n) is 2.67. The van der Waals surface area contributed by atoms with Gasteiger partial charge in [0, 0.05) is 6.54 Å². The molecule has 0 aliphatic heterocycles. The highest BCUT2D eigenvalue weighted by Crippen LogP contribution is 2.26. The lowest BCUT2D eigenvalue weighted by atomic mass is 9.99. The van der Waals surface area contributed by atoms with Gasteiger partial charge in [-0.25, -0.2) is 13.2 Å². The molecule has 0 saturated heterocycles. The summed E-state index contributed by atoms with van der Waals surface area (Å²) in [7, 11) is 1.74. The van der Waals surface area contributed by atoms with Gasteiger partial charge < -0.3 is 5.32 Å². The smallest absolute Gasteiger partial charge is 0.159 e. The van der Waals surface area contributed by atoms with Gasteiger partial charge in [0.25, 0.3) is 0 Å². The van der Waals surface area contributed by atoms with Crippen molar-refractivity contribution >= 4 is 0 Å². The number of rotatable bonds is 3. The lowest BCUT2D eigenvalue weighted by Crippen LogP contribution is -2.07. The summed E-state index contributed by atoms with van der Waals surface area (Å²) in [5, 5.41) is 2.91. The summed E-state index contributed by atoms with van der Waals surface area (Å²) in [5.74, 6) is -2.16. The Labute approximate surface area is 103 Å². The van der Waals surface area contributed by atoms with Crippen LogP contribution in [0.15, 0.2) is 36.4 Å². The molecule has 0 aromatic heterocycles. The van der Waals surface area contributed by atoms with Gasteiger partial charge in [0.2, 0.25) is 0 Å². The van der Waals surface area contributed by atoms with Gasteiger partial charge in [-0.1, -0.05) is 12.1 Å². The summed E-state index contributed by atoms with van der Waals surface area (Å²) in [4.78, 5) is 0. The van der Waals surface area contributed by atoms with Crippen molar-refractivity contribution < 1.29 is 13.2 Å². The maximum atomic E-state index is 13.2. The first-order chi connectivity index (χ1) is 8.61. The van der Waals surface area contributed by atoms with E-state index in [1.54, 1.807) is 13.1 Å². The van der Waals surface area contributed by atoms with Gasteiger partial charge in [0.05, 0.1) is 0 Å². The van der Waals surface area contributed by atoms with Crippen molar-refractivity contribution in [1.29, 1.82) is 0 Å². The number of benzene rings is 2. The normalized spacial score (nSPS) is 10.7. The molecule has 0 unspecified atom stereocenters. The molecule has 0 saturated carbocycles. The van der Waals surface area contributed by atoms with Gasteiger partial charge in [-0.05, 0) is 48.0 Å². The van der Waals surface area contributed by atoms with E-state index in [-0.39, 0.29) is 5.82 Å². The minimum Gasteiger partial charge on any atom is -0.316 e. The van der Waals surface area contributed by atoms with E-state index in [1.165, 1.54) is 18.2 Å². The van der Waals surface area contributed by atoms with Crippen molar-refractivity contribution in [1.82, 2.24) is 5.32 Å². The monoisotopic (exact) mass is 251 g/mol. The Morgan fingerprint density at radius 2 is 1.72 bits per heavy atom. The van der Waals surface area contributed by atoms with Crippen LogP contribution in [0.2, 0.25) is 0 Å². The van der Waals surface area contributed by atoms with Crippen molar-refractivity contribution in [2.45, 2.75) is 6.54 Å². The maximum absolute atomic E-state index is 13.2. The predicted octanol–water partition coefficient (Wildman–Crippen LogP) is 3.49. The summed E-state index contributed by atoms with van der Waals surface area (Å²) in [6.45, 7) is 0.450. The quantitative estimate of drug-likeness (QED) is 0.880. The molecule has 0 heterocycles. The zero-order valence-corrected chi connectivity index (χ0v) is 9.81. The second-order valence-corrected chi connectivity index (χ2v) is 3.96. The van der Waals surface area contributed by atoms with Crippen LogP contribution in [0, 0.1) is 17.5 Å². The molecule has 4 heteroatoms. The summed E-state index contributed by atoms with van der Waals surface area (Å²) >= 11 is 0. The molecule has 2 rings (SSSR count). The molecule has 2 aromatic carbocycles. The molecule has 0 fully saturated rings. The van der Waals surface area contributed by atoms with Crippen molar-refractivity contribution in [3.63, 3.8) is 0 Å².